The van der Waals surface area contributed by atoms with Gasteiger partial charge in [0.25, 0.3) is 0 Å². The van der Waals surface area contributed by atoms with Gasteiger partial charge in [-0.1, -0.05) is 0 Å². The Hall–Kier alpha value is -1.53. The summed E-state index contributed by atoms with van der Waals surface area (Å²) >= 11 is -2.48. The molecule has 0 aliphatic heterocycles. The summed E-state index contributed by atoms with van der Waals surface area (Å²) in [5.74, 6) is 0. The molecule has 0 heterocycles. The van der Waals surface area contributed by atoms with Gasteiger partial charge in [0.2, 0.25) is 0 Å². The fourth-order valence-electron chi connectivity index (χ4n) is 6.07. The van der Waals surface area contributed by atoms with Gasteiger partial charge in [-0.2, -0.15) is 0 Å². The molecule has 3 heteroatoms. The summed E-state index contributed by atoms with van der Waals surface area (Å²) in [6.45, 7) is 23.7. The predicted molar refractivity (Wildman–Crippen MR) is 168 cm³/mol. The molecule has 0 N–H and O–H groups in total. The van der Waals surface area contributed by atoms with Gasteiger partial charge in [0, 0.05) is 0 Å². The van der Waals surface area contributed by atoms with Crippen LogP contribution in [0.1, 0.15) is 103 Å². The van der Waals surface area contributed by atoms with Crippen molar-refractivity contribution < 1.29 is 46.1 Å². The summed E-state index contributed by atoms with van der Waals surface area (Å²) < 4.78 is 5.07. The van der Waals surface area contributed by atoms with Crippen LogP contribution in [0.3, 0.4) is 0 Å². The van der Waals surface area contributed by atoms with Gasteiger partial charge in [-0.3, -0.25) is 0 Å². The van der Waals surface area contributed by atoms with E-state index in [0.29, 0.717) is 0 Å². The van der Waals surface area contributed by atoms with Crippen molar-refractivity contribution in [1.29, 1.82) is 0 Å². The summed E-state index contributed by atoms with van der Waals surface area (Å²) in [6, 6.07) is 23.7. The number of benzene rings is 3. The Labute approximate surface area is 269 Å². The van der Waals surface area contributed by atoms with Crippen molar-refractivity contribution in [2.45, 2.75) is 92.9 Å². The van der Waals surface area contributed by atoms with E-state index in [1.165, 1.54) is 39.0 Å². The van der Waals surface area contributed by atoms with E-state index in [4.69, 9.17) is 0 Å². The smallest absolute Gasteiger partial charge is 1.00 e. The summed E-state index contributed by atoms with van der Waals surface area (Å²) in [7, 11) is 0. The second-order valence-corrected chi connectivity index (χ2v) is 21.3. The Morgan fingerprint density at radius 1 is 0.683 bits per heavy atom. The Balaban J connectivity index is 0.00000231. The molecule has 0 unspecified atom stereocenters. The zero-order valence-corrected chi connectivity index (χ0v) is 30.6. The maximum absolute atomic E-state index is 2.65. The molecule has 5 rings (SSSR count). The fraction of sp³-hybridized carbons (Fsp3) is 0.395. The molecule has 0 spiro atoms. The van der Waals surface area contributed by atoms with Crippen molar-refractivity contribution in [3.63, 3.8) is 0 Å². The van der Waals surface area contributed by atoms with Gasteiger partial charge >= 0.3 is 247 Å². The second-order valence-electron chi connectivity index (χ2n) is 14.7. The summed E-state index contributed by atoms with van der Waals surface area (Å²) in [5, 5.41) is 0. The minimum Gasteiger partial charge on any atom is -1.00 e. The molecule has 41 heavy (non-hydrogen) atoms. The number of rotatable bonds is 3. The molecular weight excluding hydrogens is 619 g/mol. The van der Waals surface area contributed by atoms with E-state index >= 15 is 0 Å². The van der Waals surface area contributed by atoms with E-state index in [1.807, 2.05) is 0 Å². The van der Waals surface area contributed by atoms with Crippen LogP contribution in [-0.4, -0.2) is 3.21 Å². The molecule has 0 nitrogen and oxygen atoms in total. The Morgan fingerprint density at radius 2 is 1.29 bits per heavy atom. The zero-order valence-electron chi connectivity index (χ0n) is 26.6. The number of fused-ring (bicyclic) bond motifs is 3. The number of hydrogen-bond donors (Lipinski definition) is 0. The second kappa shape index (κ2) is 12.2. The zero-order chi connectivity index (χ0) is 28.3. The summed E-state index contributed by atoms with van der Waals surface area (Å²) in [6.07, 6.45) is 7.30. The maximum Gasteiger partial charge on any atom is -1.00 e. The van der Waals surface area contributed by atoms with Crippen molar-refractivity contribution in [3.05, 3.63) is 109 Å². The molecule has 3 aromatic carbocycles. The SMILES string of the molecule is C/[C](c1ccccc1)=[Zr+2](\[C]1=CC(C(C)(C)C)=CC1)[c]1cc(C(C)(C)C)cc2c1Cc1ccc(C(C)(C)C)cc1-2.[Cl-].[Cl-]. The van der Waals surface area contributed by atoms with Gasteiger partial charge in [0.1, 0.15) is 0 Å². The molecule has 0 atom stereocenters. The van der Waals surface area contributed by atoms with Crippen molar-refractivity contribution in [3.8, 4) is 11.1 Å². The summed E-state index contributed by atoms with van der Waals surface area (Å²) in [5.41, 5.74) is 12.4. The first kappa shape index (κ1) is 34.0. The quantitative estimate of drug-likeness (QED) is 0.314. The van der Waals surface area contributed by atoms with Crippen LogP contribution in [0.25, 0.3) is 11.1 Å². The van der Waals surface area contributed by atoms with Crippen molar-refractivity contribution in [1.82, 2.24) is 0 Å². The Bertz CT molecular complexity index is 1530. The van der Waals surface area contributed by atoms with Gasteiger partial charge in [0.15, 0.2) is 0 Å². The third-order valence-electron chi connectivity index (χ3n) is 8.66. The van der Waals surface area contributed by atoms with Crippen molar-refractivity contribution in [2.75, 3.05) is 0 Å². The van der Waals surface area contributed by atoms with E-state index < -0.39 is 21.3 Å². The fourth-order valence-corrected chi connectivity index (χ4v) is 13.7. The molecule has 216 valence electrons. The Morgan fingerprint density at radius 3 is 1.85 bits per heavy atom. The van der Waals surface area contributed by atoms with Crippen LogP contribution in [0.5, 0.6) is 0 Å². The normalized spacial score (nSPS) is 14.7. The number of hydrogen-bond acceptors (Lipinski definition) is 0. The molecule has 3 aromatic rings. The van der Waals surface area contributed by atoms with Crippen LogP contribution in [0.4, 0.5) is 0 Å². The van der Waals surface area contributed by atoms with Gasteiger partial charge in [-0.15, -0.1) is 0 Å². The topological polar surface area (TPSA) is 0 Å². The van der Waals surface area contributed by atoms with Gasteiger partial charge < -0.3 is 24.8 Å². The molecule has 0 saturated heterocycles. The predicted octanol–water partition coefficient (Wildman–Crippen LogP) is 3.61. The monoisotopic (exact) mass is 662 g/mol. The van der Waals surface area contributed by atoms with Crippen LogP contribution < -0.4 is 28.1 Å². The maximum atomic E-state index is 2.65. The number of allylic oxidation sites excluding steroid dienone is 4. The molecule has 0 saturated carbocycles. The first-order chi connectivity index (χ1) is 18.1. The molecule has 0 fully saturated rings. The van der Waals surface area contributed by atoms with E-state index in [1.54, 1.807) is 15.3 Å². The molecule has 0 bridgehead atoms. The third-order valence-corrected chi connectivity index (χ3v) is 16.1. The molecule has 0 aromatic heterocycles. The Kier molecular flexibility index (Phi) is 10.1. The van der Waals surface area contributed by atoms with E-state index in [2.05, 4.69) is 142 Å². The van der Waals surface area contributed by atoms with Crippen LogP contribution in [-0.2, 0) is 38.5 Å². The third kappa shape index (κ3) is 6.84. The van der Waals surface area contributed by atoms with E-state index in [0.717, 1.165) is 12.8 Å². The molecule has 0 radical (unpaired) electrons. The van der Waals surface area contributed by atoms with Crippen LogP contribution >= 0.6 is 0 Å². The van der Waals surface area contributed by atoms with Crippen molar-refractivity contribution >= 4 is 6.48 Å². The minimum atomic E-state index is -2.48. The summed E-state index contributed by atoms with van der Waals surface area (Å²) in [4.78, 5) is 0. The average Bonchev–Trinajstić information content (AvgIpc) is 3.48. The minimum absolute atomic E-state index is 0. The molecule has 2 aliphatic carbocycles. The molecular formula is C38H46Cl2Zr. The van der Waals surface area contributed by atoms with Crippen LogP contribution in [0.2, 0.25) is 0 Å². The standard InChI is InChI=1S/C21H25.C9H13.C8H8.2ClH.Zr/c1-20(2,3)16-9-7-14-11-15-8-10-17(21(4,5)6)13-19(15)18(14)12-16;1-9(2,3)8-6-4-5-7-8;1-2-8-6-4-3-5-7-8;;;/h7,9-10,12-13H,11H2,1-6H3;6-7H,4H2,1-3H3;3-7H,1H3;2*1H;/q;;;;;+2/p-2. The largest absolute Gasteiger partial charge is 1.00 e. The number of halogens is 2. The van der Waals surface area contributed by atoms with Gasteiger partial charge in [-0.25, -0.2) is 0 Å². The van der Waals surface area contributed by atoms with Gasteiger partial charge in [-0.05, 0) is 0 Å². The van der Waals surface area contributed by atoms with Crippen LogP contribution in [0, 0.1) is 5.41 Å². The van der Waals surface area contributed by atoms with Gasteiger partial charge in [0.05, 0.1) is 0 Å². The van der Waals surface area contributed by atoms with E-state index in [9.17, 15) is 0 Å². The van der Waals surface area contributed by atoms with Crippen LogP contribution in [0.15, 0.2) is 81.7 Å². The molecule has 2 aliphatic rings. The first-order valence-electron chi connectivity index (χ1n) is 14.6. The average molecular weight is 665 g/mol. The molecule has 0 amide bonds. The first-order valence-corrected chi connectivity index (χ1v) is 18.3. The van der Waals surface area contributed by atoms with Crippen molar-refractivity contribution in [2.24, 2.45) is 5.41 Å². The van der Waals surface area contributed by atoms with E-state index in [-0.39, 0.29) is 41.1 Å².